The minimum Gasteiger partial charge on any atom is -0.459 e. The number of hydrogen-bond acceptors (Lipinski definition) is 6. The van der Waals surface area contributed by atoms with E-state index in [-0.39, 0.29) is 28.6 Å². The fourth-order valence-corrected chi connectivity index (χ4v) is 3.71. The van der Waals surface area contributed by atoms with E-state index in [0.29, 0.717) is 11.1 Å². The van der Waals surface area contributed by atoms with Crippen molar-refractivity contribution in [1.29, 1.82) is 0 Å². The quantitative estimate of drug-likeness (QED) is 0.245. The Labute approximate surface area is 202 Å². The van der Waals surface area contributed by atoms with E-state index < -0.39 is 33.6 Å². The van der Waals surface area contributed by atoms with Crippen LogP contribution < -0.4 is 15.5 Å². The van der Waals surface area contributed by atoms with Crippen LogP contribution in [0.3, 0.4) is 0 Å². The van der Waals surface area contributed by atoms with E-state index in [1.165, 1.54) is 42.5 Å². The molecule has 3 N–H and O–H groups in total. The molecular formula is C21H16ClF3N4O5S. The molecule has 184 valence electrons. The van der Waals surface area contributed by atoms with E-state index in [0.717, 1.165) is 18.3 Å². The van der Waals surface area contributed by atoms with Gasteiger partial charge in [0.15, 0.2) is 0 Å². The maximum absolute atomic E-state index is 12.7. The molecule has 0 unspecified atom stereocenters. The molecule has 0 fully saturated rings. The summed E-state index contributed by atoms with van der Waals surface area (Å²) in [5.74, 6) is -2.11. The van der Waals surface area contributed by atoms with E-state index in [2.05, 4.69) is 9.82 Å². The summed E-state index contributed by atoms with van der Waals surface area (Å²) in [6.07, 6.45) is -3.56. The van der Waals surface area contributed by atoms with E-state index in [4.69, 9.17) is 16.0 Å². The van der Waals surface area contributed by atoms with Crippen molar-refractivity contribution >= 4 is 45.3 Å². The number of carbonyl (C=O) groups excluding carboxylic acids is 2. The molecule has 0 aliphatic rings. The Morgan fingerprint density at radius 1 is 1.03 bits per heavy atom. The van der Waals surface area contributed by atoms with Gasteiger partial charge < -0.3 is 9.73 Å². The first-order chi connectivity index (χ1) is 16.4. The van der Waals surface area contributed by atoms with E-state index in [1.807, 2.05) is 10.7 Å². The summed E-state index contributed by atoms with van der Waals surface area (Å²) in [7, 11) is -3.81. The molecule has 0 bridgehead atoms. The highest BCUT2D eigenvalue weighted by atomic mass is 35.5. The summed E-state index contributed by atoms with van der Waals surface area (Å²) in [6, 6.07) is 12.2. The smallest absolute Gasteiger partial charge is 0.416 e. The number of nitrogens with one attached hydrogen (secondary N) is 3. The van der Waals surface area contributed by atoms with Gasteiger partial charge in [-0.1, -0.05) is 17.7 Å². The molecule has 0 saturated carbocycles. The highest BCUT2D eigenvalue weighted by molar-refractivity contribution is 7.89. The lowest BCUT2D eigenvalue weighted by Gasteiger charge is -2.09. The Balaban J connectivity index is 1.51. The molecule has 0 atom stereocenters. The van der Waals surface area contributed by atoms with Crippen LogP contribution in [0.5, 0.6) is 0 Å². The van der Waals surface area contributed by atoms with Crippen LogP contribution in [0.25, 0.3) is 0 Å². The van der Waals surface area contributed by atoms with Gasteiger partial charge in [0, 0.05) is 10.7 Å². The monoisotopic (exact) mass is 528 g/mol. The standard InChI is InChI=1S/C21H16ClF3N4O5S/c22-14-4-8-18(9-5-14)35(32,33)27-12-17-7-6-16(34-17)11-26-29-20(31)19(30)28-15-3-1-2-13(10-15)21(23,24)25/h1-11,27H,12H2,(H,28,30)(H,29,31)/b26-11+. The molecule has 3 aromatic rings. The predicted octanol–water partition coefficient (Wildman–Crippen LogP) is 3.52. The average molecular weight is 529 g/mol. The number of amides is 2. The van der Waals surface area contributed by atoms with Gasteiger partial charge in [-0.3, -0.25) is 9.59 Å². The third kappa shape index (κ3) is 7.40. The zero-order valence-corrected chi connectivity index (χ0v) is 19.0. The van der Waals surface area contributed by atoms with Crippen molar-refractivity contribution in [2.75, 3.05) is 5.32 Å². The number of nitrogens with zero attached hydrogens (tertiary/aromatic N) is 1. The van der Waals surface area contributed by atoms with Crippen LogP contribution in [0, 0.1) is 0 Å². The number of carbonyl (C=O) groups is 2. The minimum atomic E-state index is -4.61. The minimum absolute atomic E-state index is 0.0152. The Kier molecular flexibility index (Phi) is 7.94. The van der Waals surface area contributed by atoms with Crippen molar-refractivity contribution < 1.29 is 35.6 Å². The van der Waals surface area contributed by atoms with Crippen LogP contribution in [-0.2, 0) is 32.3 Å². The second kappa shape index (κ2) is 10.7. The van der Waals surface area contributed by atoms with Crippen LogP contribution in [0.1, 0.15) is 17.1 Å². The average Bonchev–Trinajstić information content (AvgIpc) is 3.25. The highest BCUT2D eigenvalue weighted by Gasteiger charge is 2.30. The van der Waals surface area contributed by atoms with Crippen LogP contribution in [0.4, 0.5) is 18.9 Å². The Morgan fingerprint density at radius 3 is 2.43 bits per heavy atom. The van der Waals surface area contributed by atoms with E-state index in [1.54, 1.807) is 0 Å². The molecule has 0 aliphatic carbocycles. The van der Waals surface area contributed by atoms with Crippen molar-refractivity contribution in [3.63, 3.8) is 0 Å². The van der Waals surface area contributed by atoms with Crippen molar-refractivity contribution in [2.24, 2.45) is 5.10 Å². The van der Waals surface area contributed by atoms with Gasteiger partial charge in [0.1, 0.15) is 11.5 Å². The first kappa shape index (κ1) is 25.9. The molecule has 0 saturated heterocycles. The van der Waals surface area contributed by atoms with Gasteiger partial charge in [-0.05, 0) is 54.6 Å². The normalized spacial score (nSPS) is 12.0. The fraction of sp³-hybridized carbons (Fsp3) is 0.0952. The number of sulfonamides is 1. The van der Waals surface area contributed by atoms with Crippen molar-refractivity contribution in [2.45, 2.75) is 17.6 Å². The van der Waals surface area contributed by atoms with Crippen molar-refractivity contribution in [1.82, 2.24) is 10.1 Å². The van der Waals surface area contributed by atoms with Gasteiger partial charge in [0.05, 0.1) is 23.2 Å². The number of alkyl halides is 3. The molecule has 14 heteroatoms. The van der Waals surface area contributed by atoms with Gasteiger partial charge in [0.25, 0.3) is 0 Å². The molecule has 35 heavy (non-hydrogen) atoms. The summed E-state index contributed by atoms with van der Waals surface area (Å²) >= 11 is 5.74. The van der Waals surface area contributed by atoms with E-state index >= 15 is 0 Å². The molecular weight excluding hydrogens is 513 g/mol. The largest absolute Gasteiger partial charge is 0.459 e. The van der Waals surface area contributed by atoms with Crippen LogP contribution in [0.15, 0.2) is 75.1 Å². The number of hydrogen-bond donors (Lipinski definition) is 3. The second-order valence-electron chi connectivity index (χ2n) is 6.81. The summed E-state index contributed by atoms with van der Waals surface area (Å²) in [4.78, 5) is 23.7. The Hall–Kier alpha value is -3.68. The number of hydrazone groups is 1. The molecule has 9 nitrogen and oxygen atoms in total. The summed E-state index contributed by atoms with van der Waals surface area (Å²) in [6.45, 7) is -0.176. The van der Waals surface area contributed by atoms with Crippen LogP contribution in [-0.4, -0.2) is 26.4 Å². The molecule has 0 spiro atoms. The predicted molar refractivity (Wildman–Crippen MR) is 120 cm³/mol. The number of benzene rings is 2. The van der Waals surface area contributed by atoms with Gasteiger partial charge in [-0.25, -0.2) is 18.6 Å². The van der Waals surface area contributed by atoms with Gasteiger partial charge in [0.2, 0.25) is 10.0 Å². The molecule has 1 aromatic heterocycles. The molecule has 0 radical (unpaired) electrons. The molecule has 2 amide bonds. The van der Waals surface area contributed by atoms with Crippen LogP contribution >= 0.6 is 11.6 Å². The Bertz CT molecular complexity index is 1360. The van der Waals surface area contributed by atoms with Gasteiger partial charge in [-0.15, -0.1) is 0 Å². The fourth-order valence-electron chi connectivity index (χ4n) is 2.59. The SMILES string of the molecule is O=C(N/N=C/c1ccc(CNS(=O)(=O)c2ccc(Cl)cc2)o1)C(=O)Nc1cccc(C(F)(F)F)c1. The third-order valence-electron chi connectivity index (χ3n) is 4.25. The lowest BCUT2D eigenvalue weighted by atomic mass is 10.2. The second-order valence-corrected chi connectivity index (χ2v) is 9.02. The lowest BCUT2D eigenvalue weighted by Crippen LogP contribution is -2.32. The summed E-state index contributed by atoms with van der Waals surface area (Å²) < 4.78 is 70.4. The maximum Gasteiger partial charge on any atom is 0.416 e. The Morgan fingerprint density at radius 2 is 1.74 bits per heavy atom. The zero-order valence-electron chi connectivity index (χ0n) is 17.5. The highest BCUT2D eigenvalue weighted by Crippen LogP contribution is 2.30. The molecule has 0 aliphatic heterocycles. The molecule has 2 aromatic carbocycles. The van der Waals surface area contributed by atoms with Crippen molar-refractivity contribution in [3.8, 4) is 0 Å². The van der Waals surface area contributed by atoms with Gasteiger partial charge in [-0.2, -0.15) is 18.3 Å². The van der Waals surface area contributed by atoms with E-state index in [9.17, 15) is 31.2 Å². The lowest BCUT2D eigenvalue weighted by molar-refractivity contribution is -0.137. The number of anilines is 1. The zero-order chi connectivity index (χ0) is 25.6. The number of halogens is 4. The summed E-state index contributed by atoms with van der Waals surface area (Å²) in [5, 5.41) is 5.95. The first-order valence-corrected chi connectivity index (χ1v) is 11.5. The number of rotatable bonds is 7. The maximum atomic E-state index is 12.7. The number of furan rings is 1. The first-order valence-electron chi connectivity index (χ1n) is 9.60. The van der Waals surface area contributed by atoms with Crippen LogP contribution in [0.2, 0.25) is 5.02 Å². The van der Waals surface area contributed by atoms with Crippen molar-refractivity contribution in [3.05, 3.63) is 82.8 Å². The summed E-state index contributed by atoms with van der Waals surface area (Å²) in [5.41, 5.74) is 0.692. The topological polar surface area (TPSA) is 130 Å². The third-order valence-corrected chi connectivity index (χ3v) is 5.92. The molecule has 1 heterocycles. The van der Waals surface area contributed by atoms with Gasteiger partial charge >= 0.3 is 18.0 Å². The molecule has 3 rings (SSSR count).